The quantitative estimate of drug-likeness (QED) is 0.687. The molecule has 4 rings (SSSR count). The number of aliphatic hydroxyl groups excluding tert-OH is 1. The first kappa shape index (κ1) is 14.0. The van der Waals surface area contributed by atoms with E-state index in [0.29, 0.717) is 23.5 Å². The molecule has 21 heavy (non-hydrogen) atoms. The van der Waals surface area contributed by atoms with Crippen LogP contribution in [0.15, 0.2) is 11.6 Å². The second kappa shape index (κ2) is 4.44. The highest BCUT2D eigenvalue weighted by Crippen LogP contribution is 2.63. The first-order valence-corrected chi connectivity index (χ1v) is 8.85. The number of Topliss-reactive ketones (excluding diaryl/α,β-unsaturated/α-hetero) is 1. The summed E-state index contributed by atoms with van der Waals surface area (Å²) in [6.45, 7) is 4.73. The minimum atomic E-state index is -0.112. The first-order chi connectivity index (χ1) is 9.95. The summed E-state index contributed by atoms with van der Waals surface area (Å²) in [5, 5.41) is 10.4. The van der Waals surface area contributed by atoms with Gasteiger partial charge in [-0.3, -0.25) is 4.79 Å². The van der Waals surface area contributed by atoms with Crippen molar-refractivity contribution in [1.82, 2.24) is 0 Å². The van der Waals surface area contributed by atoms with Gasteiger partial charge in [0.1, 0.15) is 5.78 Å². The van der Waals surface area contributed by atoms with Crippen molar-refractivity contribution in [1.29, 1.82) is 0 Å². The Bertz CT molecular complexity index is 508. The minimum Gasteiger partial charge on any atom is -0.393 e. The molecule has 2 heteroatoms. The molecule has 0 heterocycles. The molecule has 0 saturated heterocycles. The van der Waals surface area contributed by atoms with Crippen molar-refractivity contribution in [2.75, 3.05) is 0 Å². The van der Waals surface area contributed by atoms with Crippen LogP contribution in [0.25, 0.3) is 0 Å². The zero-order valence-electron chi connectivity index (χ0n) is 13.4. The molecule has 3 fully saturated rings. The maximum Gasteiger partial charge on any atom is 0.133 e. The Balaban J connectivity index is 1.71. The molecular weight excluding hydrogens is 260 g/mol. The molecule has 1 N–H and O–H groups in total. The van der Waals surface area contributed by atoms with Crippen molar-refractivity contribution in [3.8, 4) is 0 Å². The summed E-state index contributed by atoms with van der Waals surface area (Å²) in [5.41, 5.74) is 2.05. The Morgan fingerprint density at radius 3 is 2.81 bits per heavy atom. The molecule has 0 bridgehead atoms. The van der Waals surface area contributed by atoms with E-state index >= 15 is 0 Å². The fourth-order valence-corrected chi connectivity index (χ4v) is 6.29. The molecule has 2 nitrogen and oxygen atoms in total. The van der Waals surface area contributed by atoms with Crippen molar-refractivity contribution in [2.45, 2.75) is 71.3 Å². The largest absolute Gasteiger partial charge is 0.393 e. The fraction of sp³-hybridized carbons (Fsp3) is 0.842. The predicted octanol–water partition coefficient (Wildman–Crippen LogP) is 3.88. The zero-order chi connectivity index (χ0) is 14.8. The highest BCUT2D eigenvalue weighted by atomic mass is 16.3. The van der Waals surface area contributed by atoms with Gasteiger partial charge in [-0.15, -0.1) is 0 Å². The molecule has 0 aromatic carbocycles. The molecule has 0 aromatic rings. The number of ketones is 1. The van der Waals surface area contributed by atoms with Crippen LogP contribution in [-0.2, 0) is 4.79 Å². The third kappa shape index (κ3) is 1.78. The van der Waals surface area contributed by atoms with Gasteiger partial charge in [0.05, 0.1) is 6.10 Å². The van der Waals surface area contributed by atoms with E-state index in [9.17, 15) is 9.90 Å². The van der Waals surface area contributed by atoms with Crippen LogP contribution >= 0.6 is 0 Å². The average Bonchev–Trinajstić information content (AvgIpc) is 2.76. The second-order valence-electron chi connectivity index (χ2n) is 8.61. The molecule has 0 radical (unpaired) electrons. The van der Waals surface area contributed by atoms with Crippen LogP contribution in [0.3, 0.4) is 0 Å². The van der Waals surface area contributed by atoms with Gasteiger partial charge in [0, 0.05) is 18.3 Å². The van der Waals surface area contributed by atoms with E-state index in [-0.39, 0.29) is 16.9 Å². The highest BCUT2D eigenvalue weighted by molar-refractivity contribution is 5.80. The van der Waals surface area contributed by atoms with E-state index < -0.39 is 0 Å². The van der Waals surface area contributed by atoms with Gasteiger partial charge in [-0.2, -0.15) is 0 Å². The summed E-state index contributed by atoms with van der Waals surface area (Å²) in [6, 6.07) is 0. The number of carbonyl (C=O) groups excluding carboxylic acids is 1. The van der Waals surface area contributed by atoms with Gasteiger partial charge >= 0.3 is 0 Å². The number of rotatable bonds is 0. The van der Waals surface area contributed by atoms with Crippen LogP contribution < -0.4 is 0 Å². The normalized spacial score (nSPS) is 52.7. The maximum absolute atomic E-state index is 11.8. The van der Waals surface area contributed by atoms with Crippen molar-refractivity contribution in [3.63, 3.8) is 0 Å². The van der Waals surface area contributed by atoms with Crippen molar-refractivity contribution >= 4 is 5.78 Å². The van der Waals surface area contributed by atoms with Crippen LogP contribution in [0, 0.1) is 28.6 Å². The van der Waals surface area contributed by atoms with E-state index in [4.69, 9.17) is 0 Å². The van der Waals surface area contributed by atoms with Crippen molar-refractivity contribution < 1.29 is 9.90 Å². The third-order valence-corrected chi connectivity index (χ3v) is 7.79. The molecule has 3 saturated carbocycles. The van der Waals surface area contributed by atoms with Crippen molar-refractivity contribution in [2.24, 2.45) is 28.6 Å². The fourth-order valence-electron chi connectivity index (χ4n) is 6.29. The lowest BCUT2D eigenvalue weighted by Crippen LogP contribution is -2.48. The Labute approximate surface area is 128 Å². The average molecular weight is 288 g/mol. The maximum atomic E-state index is 11.8. The first-order valence-electron chi connectivity index (χ1n) is 8.85. The molecule has 0 amide bonds. The smallest absolute Gasteiger partial charge is 0.133 e. The van der Waals surface area contributed by atoms with Gasteiger partial charge in [0.2, 0.25) is 0 Å². The lowest BCUT2D eigenvalue weighted by molar-refractivity contribution is -0.125. The highest BCUT2D eigenvalue weighted by Gasteiger charge is 2.56. The van der Waals surface area contributed by atoms with Gasteiger partial charge < -0.3 is 5.11 Å². The summed E-state index contributed by atoms with van der Waals surface area (Å²) in [5.74, 6) is 2.41. The van der Waals surface area contributed by atoms with Crippen LogP contribution in [0.1, 0.15) is 65.2 Å². The van der Waals surface area contributed by atoms with Crippen LogP contribution in [0.2, 0.25) is 0 Å². The minimum absolute atomic E-state index is 0.112. The Kier molecular flexibility index (Phi) is 2.96. The van der Waals surface area contributed by atoms with E-state index in [2.05, 4.69) is 19.9 Å². The molecule has 4 aliphatic carbocycles. The third-order valence-electron chi connectivity index (χ3n) is 7.79. The van der Waals surface area contributed by atoms with E-state index in [1.165, 1.54) is 19.3 Å². The van der Waals surface area contributed by atoms with Gasteiger partial charge in [0.15, 0.2) is 0 Å². The number of fused-ring (bicyclic) bond motifs is 5. The van der Waals surface area contributed by atoms with Gasteiger partial charge in [-0.05, 0) is 61.7 Å². The topological polar surface area (TPSA) is 37.3 Å². The van der Waals surface area contributed by atoms with Gasteiger partial charge in [-0.25, -0.2) is 0 Å². The van der Waals surface area contributed by atoms with Crippen molar-refractivity contribution in [3.05, 3.63) is 11.6 Å². The monoisotopic (exact) mass is 288 g/mol. The van der Waals surface area contributed by atoms with E-state index in [1.807, 2.05) is 0 Å². The SMILES string of the molecule is C[C@]12CC=C3[C@@H](CC[C@H]4CC(=O)CC[C@]34C)[C@@H]1CC[C@@H]2O. The van der Waals surface area contributed by atoms with E-state index in [0.717, 1.165) is 32.1 Å². The number of carbonyl (C=O) groups is 1. The summed E-state index contributed by atoms with van der Waals surface area (Å²) >= 11 is 0. The van der Waals surface area contributed by atoms with Crippen LogP contribution in [-0.4, -0.2) is 17.0 Å². The number of hydrogen-bond donors (Lipinski definition) is 1. The van der Waals surface area contributed by atoms with Gasteiger partial charge in [-0.1, -0.05) is 25.5 Å². The number of allylic oxidation sites excluding steroid dienone is 2. The molecule has 4 aliphatic rings. The summed E-state index contributed by atoms with van der Waals surface area (Å²) in [7, 11) is 0. The Morgan fingerprint density at radius 1 is 1.19 bits per heavy atom. The van der Waals surface area contributed by atoms with E-state index in [1.54, 1.807) is 5.57 Å². The van der Waals surface area contributed by atoms with Crippen LogP contribution in [0.5, 0.6) is 0 Å². The summed E-state index contributed by atoms with van der Waals surface area (Å²) in [4.78, 5) is 11.8. The number of hydrogen-bond acceptors (Lipinski definition) is 2. The molecule has 0 aliphatic heterocycles. The lowest BCUT2D eigenvalue weighted by Gasteiger charge is -2.55. The molecule has 116 valence electrons. The Hall–Kier alpha value is -0.630. The molecule has 6 atom stereocenters. The Morgan fingerprint density at radius 2 is 2.00 bits per heavy atom. The second-order valence-corrected chi connectivity index (χ2v) is 8.61. The van der Waals surface area contributed by atoms with Crippen LogP contribution in [0.4, 0.5) is 0 Å². The zero-order valence-corrected chi connectivity index (χ0v) is 13.4. The predicted molar refractivity (Wildman–Crippen MR) is 82.7 cm³/mol. The summed E-state index contributed by atoms with van der Waals surface area (Å²) < 4.78 is 0. The van der Waals surface area contributed by atoms with Gasteiger partial charge in [0.25, 0.3) is 0 Å². The lowest BCUT2D eigenvalue weighted by atomic mass is 9.49. The molecular formula is C19H28O2. The molecule has 0 aromatic heterocycles. The standard InChI is InChI=1S/C19H28O2/c1-18-9-7-13(20)11-12(18)3-4-14-15-5-6-17(21)19(15,2)10-8-16(14)18/h8,12,14-15,17,21H,3-7,9-11H2,1-2H3/t12-,14-,15-,17-,18-,19-/m0/s1. The summed E-state index contributed by atoms with van der Waals surface area (Å²) in [6.07, 6.45) is 10.7. The molecule has 0 spiro atoms. The number of aliphatic hydroxyl groups is 1. The molecule has 0 unspecified atom stereocenters.